The van der Waals surface area contributed by atoms with Gasteiger partial charge < -0.3 is 0 Å². The van der Waals surface area contributed by atoms with Crippen molar-refractivity contribution in [2.24, 2.45) is 5.41 Å². The van der Waals surface area contributed by atoms with Crippen molar-refractivity contribution in [2.45, 2.75) is 72.9 Å². The second kappa shape index (κ2) is 4.65. The molecule has 0 aromatic rings. The molecule has 86 valence electrons. The van der Waals surface area contributed by atoms with Gasteiger partial charge in [0, 0.05) is 11.6 Å². The van der Waals surface area contributed by atoms with Crippen LogP contribution in [0.5, 0.6) is 0 Å². The molecule has 14 heavy (non-hydrogen) atoms. The summed E-state index contributed by atoms with van der Waals surface area (Å²) in [6.07, 6.45) is 2.52. The Balaban J connectivity index is 4.42. The SMILES string of the molecule is CCC(CC(C)(C)C)N(C)C(C)(C)C. The molecule has 0 radical (unpaired) electrons. The topological polar surface area (TPSA) is 3.24 Å². The normalized spacial score (nSPS) is 16.1. The largest absolute Gasteiger partial charge is 0.299 e. The molecule has 0 spiro atoms. The van der Waals surface area contributed by atoms with E-state index in [1.54, 1.807) is 0 Å². The lowest BCUT2D eigenvalue weighted by Gasteiger charge is -2.41. The van der Waals surface area contributed by atoms with Gasteiger partial charge in [0.2, 0.25) is 0 Å². The molecule has 0 bridgehead atoms. The van der Waals surface area contributed by atoms with Crippen molar-refractivity contribution in [1.29, 1.82) is 0 Å². The van der Waals surface area contributed by atoms with Crippen LogP contribution in [0.3, 0.4) is 0 Å². The van der Waals surface area contributed by atoms with Gasteiger partial charge in [0.1, 0.15) is 0 Å². The summed E-state index contributed by atoms with van der Waals surface area (Å²) in [6.45, 7) is 16.1. The van der Waals surface area contributed by atoms with Crippen LogP contribution in [0.2, 0.25) is 0 Å². The molecule has 0 saturated carbocycles. The second-order valence-corrected chi connectivity index (χ2v) is 6.61. The Morgan fingerprint density at radius 1 is 1.00 bits per heavy atom. The van der Waals surface area contributed by atoms with Gasteiger partial charge in [-0.3, -0.25) is 4.90 Å². The highest BCUT2D eigenvalue weighted by molar-refractivity contribution is 4.82. The van der Waals surface area contributed by atoms with E-state index in [1.807, 2.05) is 0 Å². The lowest BCUT2D eigenvalue weighted by molar-refractivity contribution is 0.0849. The third-order valence-corrected chi connectivity index (χ3v) is 2.93. The lowest BCUT2D eigenvalue weighted by atomic mass is 9.85. The number of rotatable bonds is 3. The van der Waals surface area contributed by atoms with Crippen LogP contribution < -0.4 is 0 Å². The van der Waals surface area contributed by atoms with E-state index in [9.17, 15) is 0 Å². The quantitative estimate of drug-likeness (QED) is 0.665. The van der Waals surface area contributed by atoms with Gasteiger partial charge in [-0.1, -0.05) is 27.7 Å². The first-order chi connectivity index (χ1) is 6.08. The minimum atomic E-state index is 0.284. The Labute approximate surface area is 90.9 Å². The molecule has 1 heteroatoms. The first-order valence-corrected chi connectivity index (χ1v) is 5.81. The first-order valence-electron chi connectivity index (χ1n) is 5.81. The fourth-order valence-corrected chi connectivity index (χ4v) is 1.81. The zero-order valence-electron chi connectivity index (χ0n) is 11.4. The van der Waals surface area contributed by atoms with E-state index < -0.39 is 0 Å². The summed E-state index contributed by atoms with van der Waals surface area (Å²) in [7, 11) is 2.25. The van der Waals surface area contributed by atoms with Crippen LogP contribution in [-0.4, -0.2) is 23.5 Å². The maximum atomic E-state index is 2.51. The van der Waals surface area contributed by atoms with Crippen LogP contribution in [0, 0.1) is 5.41 Å². The summed E-state index contributed by atoms with van der Waals surface area (Å²) in [5, 5.41) is 0. The van der Waals surface area contributed by atoms with Gasteiger partial charge in [-0.25, -0.2) is 0 Å². The Morgan fingerprint density at radius 3 is 1.64 bits per heavy atom. The predicted molar refractivity (Wildman–Crippen MR) is 65.7 cm³/mol. The lowest BCUT2D eigenvalue weighted by Crippen LogP contribution is -2.46. The van der Waals surface area contributed by atoms with Crippen LogP contribution in [-0.2, 0) is 0 Å². The molecule has 0 aromatic heterocycles. The van der Waals surface area contributed by atoms with Crippen LogP contribution in [0.1, 0.15) is 61.3 Å². The molecule has 0 aromatic carbocycles. The maximum absolute atomic E-state index is 2.51. The molecule has 1 atom stereocenters. The minimum absolute atomic E-state index is 0.284. The van der Waals surface area contributed by atoms with Crippen molar-refractivity contribution in [2.75, 3.05) is 7.05 Å². The molecule has 0 aliphatic heterocycles. The molecular weight excluding hydrogens is 170 g/mol. The van der Waals surface area contributed by atoms with Crippen molar-refractivity contribution < 1.29 is 0 Å². The smallest absolute Gasteiger partial charge is 0.0124 e. The van der Waals surface area contributed by atoms with E-state index >= 15 is 0 Å². The molecule has 0 N–H and O–H groups in total. The van der Waals surface area contributed by atoms with Crippen LogP contribution >= 0.6 is 0 Å². The van der Waals surface area contributed by atoms with Gasteiger partial charge in [-0.2, -0.15) is 0 Å². The molecule has 0 saturated heterocycles. The highest BCUT2D eigenvalue weighted by Gasteiger charge is 2.27. The fraction of sp³-hybridized carbons (Fsp3) is 1.00. The van der Waals surface area contributed by atoms with E-state index in [0.717, 1.165) is 0 Å². The molecule has 0 aliphatic carbocycles. The van der Waals surface area contributed by atoms with Gasteiger partial charge in [0.05, 0.1) is 0 Å². The van der Waals surface area contributed by atoms with Crippen molar-refractivity contribution in [3.63, 3.8) is 0 Å². The van der Waals surface area contributed by atoms with Crippen LogP contribution in [0.4, 0.5) is 0 Å². The Hall–Kier alpha value is -0.0400. The summed E-state index contributed by atoms with van der Waals surface area (Å²) in [5.74, 6) is 0. The van der Waals surface area contributed by atoms with Crippen LogP contribution in [0.25, 0.3) is 0 Å². The fourth-order valence-electron chi connectivity index (χ4n) is 1.81. The van der Waals surface area contributed by atoms with Crippen molar-refractivity contribution in [3.8, 4) is 0 Å². The van der Waals surface area contributed by atoms with Gasteiger partial charge >= 0.3 is 0 Å². The summed E-state index contributed by atoms with van der Waals surface area (Å²) < 4.78 is 0. The number of hydrogen-bond donors (Lipinski definition) is 0. The standard InChI is InChI=1S/C13H29N/c1-9-11(10-12(2,3)4)14(8)13(5,6)7/h11H,9-10H2,1-8H3. The Bertz CT molecular complexity index is 159. The van der Waals surface area contributed by atoms with E-state index in [-0.39, 0.29) is 5.54 Å². The molecular formula is C13H29N. The van der Waals surface area contributed by atoms with Gasteiger partial charge in [0.15, 0.2) is 0 Å². The third-order valence-electron chi connectivity index (χ3n) is 2.93. The summed E-state index contributed by atoms with van der Waals surface area (Å²) in [4.78, 5) is 2.51. The minimum Gasteiger partial charge on any atom is -0.299 e. The van der Waals surface area contributed by atoms with E-state index in [2.05, 4.69) is 60.4 Å². The molecule has 0 rings (SSSR count). The monoisotopic (exact) mass is 199 g/mol. The van der Waals surface area contributed by atoms with Gasteiger partial charge in [-0.15, -0.1) is 0 Å². The second-order valence-electron chi connectivity index (χ2n) is 6.61. The molecule has 0 aliphatic rings. The first kappa shape index (κ1) is 14.0. The summed E-state index contributed by atoms with van der Waals surface area (Å²) in [6, 6.07) is 0.704. The van der Waals surface area contributed by atoms with E-state index in [4.69, 9.17) is 0 Å². The Morgan fingerprint density at radius 2 is 1.43 bits per heavy atom. The maximum Gasteiger partial charge on any atom is 0.0124 e. The number of nitrogens with zero attached hydrogens (tertiary/aromatic N) is 1. The molecule has 1 unspecified atom stereocenters. The van der Waals surface area contributed by atoms with E-state index in [1.165, 1.54) is 12.8 Å². The predicted octanol–water partition coefficient (Wildman–Crippen LogP) is 3.93. The summed E-state index contributed by atoms with van der Waals surface area (Å²) >= 11 is 0. The van der Waals surface area contributed by atoms with Gasteiger partial charge in [-0.05, 0) is 46.1 Å². The average Bonchev–Trinajstić information content (AvgIpc) is 1.95. The summed E-state index contributed by atoms with van der Waals surface area (Å²) in [5.41, 5.74) is 0.714. The molecule has 0 fully saturated rings. The van der Waals surface area contributed by atoms with Crippen molar-refractivity contribution in [3.05, 3.63) is 0 Å². The van der Waals surface area contributed by atoms with Crippen LogP contribution in [0.15, 0.2) is 0 Å². The van der Waals surface area contributed by atoms with Gasteiger partial charge in [0.25, 0.3) is 0 Å². The van der Waals surface area contributed by atoms with Crippen molar-refractivity contribution >= 4 is 0 Å². The highest BCUT2D eigenvalue weighted by Crippen LogP contribution is 2.27. The molecule has 1 nitrogen and oxygen atoms in total. The highest BCUT2D eigenvalue weighted by atomic mass is 15.2. The molecule has 0 heterocycles. The third kappa shape index (κ3) is 4.99. The Kier molecular flexibility index (Phi) is 4.64. The van der Waals surface area contributed by atoms with E-state index in [0.29, 0.717) is 11.5 Å². The number of hydrogen-bond acceptors (Lipinski definition) is 1. The zero-order chi connectivity index (χ0) is 11.6. The van der Waals surface area contributed by atoms with Crippen molar-refractivity contribution in [1.82, 2.24) is 4.90 Å². The average molecular weight is 199 g/mol. The zero-order valence-corrected chi connectivity index (χ0v) is 11.4. The molecule has 0 amide bonds.